The molecule has 2 amide bonds. The van der Waals surface area contributed by atoms with E-state index in [1.807, 2.05) is 13.8 Å². The molecule has 0 spiro atoms. The van der Waals surface area contributed by atoms with Crippen LogP contribution in [0.15, 0.2) is 0 Å². The molecule has 0 radical (unpaired) electrons. The Kier molecular flexibility index (Phi) is 8.13. The van der Waals surface area contributed by atoms with Gasteiger partial charge in [0.2, 0.25) is 11.8 Å². The van der Waals surface area contributed by atoms with Crippen LogP contribution in [0.1, 0.15) is 46.5 Å². The number of nitrogens with one attached hydrogen (secondary N) is 1. The summed E-state index contributed by atoms with van der Waals surface area (Å²) in [7, 11) is 0. The monoisotopic (exact) mass is 305 g/mol. The molecule has 1 aliphatic rings. The first kappa shape index (κ1) is 19.2. The number of carbonyl (C=O) groups excluding carboxylic acids is 2. The molecule has 1 unspecified atom stereocenters. The quantitative estimate of drug-likeness (QED) is 0.804. The molecule has 0 aromatic carbocycles. The SMILES string of the molecule is CCC(N)(CC)CNC(=O)C1CCCN(C(C)=O)C1.Cl. The van der Waals surface area contributed by atoms with Gasteiger partial charge >= 0.3 is 0 Å². The summed E-state index contributed by atoms with van der Waals surface area (Å²) >= 11 is 0. The fourth-order valence-electron chi connectivity index (χ4n) is 2.38. The molecule has 1 atom stereocenters. The lowest BCUT2D eigenvalue weighted by Gasteiger charge is -2.33. The molecule has 5 nitrogen and oxygen atoms in total. The smallest absolute Gasteiger partial charge is 0.224 e. The van der Waals surface area contributed by atoms with Crippen LogP contribution >= 0.6 is 12.4 Å². The minimum atomic E-state index is -0.315. The lowest BCUT2D eigenvalue weighted by Crippen LogP contribution is -2.52. The Labute approximate surface area is 128 Å². The van der Waals surface area contributed by atoms with E-state index in [0.29, 0.717) is 13.1 Å². The molecule has 1 fully saturated rings. The molecule has 0 aliphatic carbocycles. The lowest BCUT2D eigenvalue weighted by molar-refractivity contribution is -0.134. The van der Waals surface area contributed by atoms with Gasteiger partial charge < -0.3 is 16.0 Å². The van der Waals surface area contributed by atoms with Crippen molar-refractivity contribution in [2.24, 2.45) is 11.7 Å². The van der Waals surface area contributed by atoms with Crippen LogP contribution in [0, 0.1) is 5.92 Å². The third-order valence-corrected chi connectivity index (χ3v) is 4.26. The molecule has 3 N–H and O–H groups in total. The van der Waals surface area contributed by atoms with Gasteiger partial charge in [0.1, 0.15) is 0 Å². The topological polar surface area (TPSA) is 75.4 Å². The normalized spacial score (nSPS) is 19.2. The second kappa shape index (κ2) is 8.47. The van der Waals surface area contributed by atoms with Crippen LogP contribution in [0.5, 0.6) is 0 Å². The molecule has 0 aromatic heterocycles. The zero-order valence-electron chi connectivity index (χ0n) is 12.8. The number of likely N-dealkylation sites (tertiary alicyclic amines) is 1. The highest BCUT2D eigenvalue weighted by Crippen LogP contribution is 2.17. The van der Waals surface area contributed by atoms with E-state index in [1.54, 1.807) is 11.8 Å². The van der Waals surface area contributed by atoms with Gasteiger partial charge in [-0.3, -0.25) is 9.59 Å². The van der Waals surface area contributed by atoms with Crippen molar-refractivity contribution in [1.82, 2.24) is 10.2 Å². The van der Waals surface area contributed by atoms with E-state index < -0.39 is 0 Å². The maximum atomic E-state index is 12.1. The molecular weight excluding hydrogens is 278 g/mol. The van der Waals surface area contributed by atoms with Crippen LogP contribution in [-0.4, -0.2) is 41.9 Å². The summed E-state index contributed by atoms with van der Waals surface area (Å²) in [6.45, 7) is 7.44. The van der Waals surface area contributed by atoms with Gasteiger partial charge in [-0.05, 0) is 25.7 Å². The summed E-state index contributed by atoms with van der Waals surface area (Å²) in [5.74, 6) is -0.00826. The molecule has 1 saturated heterocycles. The predicted octanol–water partition coefficient (Wildman–Crippen LogP) is 1.30. The van der Waals surface area contributed by atoms with Gasteiger partial charge in [-0.15, -0.1) is 12.4 Å². The zero-order chi connectivity index (χ0) is 14.5. The van der Waals surface area contributed by atoms with Crippen molar-refractivity contribution < 1.29 is 9.59 Å². The molecule has 1 heterocycles. The Morgan fingerprint density at radius 1 is 1.35 bits per heavy atom. The van der Waals surface area contributed by atoms with Gasteiger partial charge in [0.15, 0.2) is 0 Å². The van der Waals surface area contributed by atoms with E-state index in [-0.39, 0.29) is 35.7 Å². The number of piperidine rings is 1. The number of nitrogens with zero attached hydrogens (tertiary/aromatic N) is 1. The van der Waals surface area contributed by atoms with Crippen molar-refractivity contribution in [3.63, 3.8) is 0 Å². The first-order valence-corrected chi connectivity index (χ1v) is 7.24. The summed E-state index contributed by atoms with van der Waals surface area (Å²) in [6.07, 6.45) is 3.43. The van der Waals surface area contributed by atoms with Crippen molar-refractivity contribution in [3.8, 4) is 0 Å². The number of carbonyl (C=O) groups is 2. The second-order valence-electron chi connectivity index (χ2n) is 5.59. The molecular formula is C14H28ClN3O2. The standard InChI is InChI=1S/C14H27N3O2.ClH/c1-4-14(15,5-2)10-16-13(19)12-7-6-8-17(9-12)11(3)18;/h12H,4-10,15H2,1-3H3,(H,16,19);1H. The third kappa shape index (κ3) is 5.29. The van der Waals surface area contributed by atoms with E-state index in [0.717, 1.165) is 32.2 Å². The van der Waals surface area contributed by atoms with Crippen molar-refractivity contribution in [2.45, 2.75) is 52.0 Å². The Hall–Kier alpha value is -0.810. The summed E-state index contributed by atoms with van der Waals surface area (Å²) in [5, 5.41) is 2.95. The average Bonchev–Trinajstić information content (AvgIpc) is 2.44. The molecule has 6 heteroatoms. The average molecular weight is 306 g/mol. The predicted molar refractivity (Wildman–Crippen MR) is 82.7 cm³/mol. The summed E-state index contributed by atoms with van der Waals surface area (Å²) in [5.41, 5.74) is 5.86. The Morgan fingerprint density at radius 2 is 1.95 bits per heavy atom. The Bertz CT molecular complexity index is 332. The largest absolute Gasteiger partial charge is 0.354 e. The van der Waals surface area contributed by atoms with Gasteiger partial charge in [0.25, 0.3) is 0 Å². The fraction of sp³-hybridized carbons (Fsp3) is 0.857. The van der Waals surface area contributed by atoms with Crippen molar-refractivity contribution in [2.75, 3.05) is 19.6 Å². The van der Waals surface area contributed by atoms with Gasteiger partial charge in [0, 0.05) is 32.1 Å². The highest BCUT2D eigenvalue weighted by molar-refractivity contribution is 5.85. The molecule has 0 saturated carbocycles. The third-order valence-electron chi connectivity index (χ3n) is 4.26. The Morgan fingerprint density at radius 3 is 2.45 bits per heavy atom. The number of amides is 2. The van der Waals surface area contributed by atoms with E-state index >= 15 is 0 Å². The van der Waals surface area contributed by atoms with Gasteiger partial charge in [-0.2, -0.15) is 0 Å². The van der Waals surface area contributed by atoms with E-state index in [1.165, 1.54) is 0 Å². The lowest BCUT2D eigenvalue weighted by atomic mass is 9.93. The van der Waals surface area contributed by atoms with Gasteiger partial charge in [-0.25, -0.2) is 0 Å². The van der Waals surface area contributed by atoms with Crippen LogP contribution in [0.25, 0.3) is 0 Å². The summed E-state index contributed by atoms with van der Waals surface area (Å²) in [4.78, 5) is 25.2. The highest BCUT2D eigenvalue weighted by Gasteiger charge is 2.28. The van der Waals surface area contributed by atoms with Crippen LogP contribution in [-0.2, 0) is 9.59 Å². The molecule has 20 heavy (non-hydrogen) atoms. The molecule has 118 valence electrons. The summed E-state index contributed by atoms with van der Waals surface area (Å²) < 4.78 is 0. The number of nitrogens with two attached hydrogens (primary N) is 1. The van der Waals surface area contributed by atoms with Crippen LogP contribution < -0.4 is 11.1 Å². The number of hydrogen-bond acceptors (Lipinski definition) is 3. The van der Waals surface area contributed by atoms with Crippen molar-refractivity contribution in [1.29, 1.82) is 0 Å². The second-order valence-corrected chi connectivity index (χ2v) is 5.59. The van der Waals surface area contributed by atoms with Gasteiger partial charge in [-0.1, -0.05) is 13.8 Å². The first-order chi connectivity index (χ1) is 8.91. The van der Waals surface area contributed by atoms with Crippen LogP contribution in [0.4, 0.5) is 0 Å². The number of halogens is 1. The first-order valence-electron chi connectivity index (χ1n) is 7.24. The molecule has 0 bridgehead atoms. The van der Waals surface area contributed by atoms with Crippen LogP contribution in [0.2, 0.25) is 0 Å². The molecule has 0 aromatic rings. The zero-order valence-corrected chi connectivity index (χ0v) is 13.6. The van der Waals surface area contributed by atoms with E-state index in [4.69, 9.17) is 5.73 Å². The maximum Gasteiger partial charge on any atom is 0.224 e. The highest BCUT2D eigenvalue weighted by atomic mass is 35.5. The van der Waals surface area contributed by atoms with Crippen molar-refractivity contribution >= 4 is 24.2 Å². The maximum absolute atomic E-state index is 12.1. The molecule has 1 rings (SSSR count). The minimum absolute atomic E-state index is 0. The van der Waals surface area contributed by atoms with E-state index in [2.05, 4.69) is 5.32 Å². The minimum Gasteiger partial charge on any atom is -0.354 e. The Balaban J connectivity index is 0.00000361. The molecule has 1 aliphatic heterocycles. The summed E-state index contributed by atoms with van der Waals surface area (Å²) in [6, 6.07) is 0. The number of hydrogen-bond donors (Lipinski definition) is 2. The fourth-order valence-corrected chi connectivity index (χ4v) is 2.38. The van der Waals surface area contributed by atoms with Crippen LogP contribution in [0.3, 0.4) is 0 Å². The van der Waals surface area contributed by atoms with E-state index in [9.17, 15) is 9.59 Å². The number of rotatable bonds is 5. The van der Waals surface area contributed by atoms with Gasteiger partial charge in [0.05, 0.1) is 5.92 Å². The van der Waals surface area contributed by atoms with Crippen molar-refractivity contribution in [3.05, 3.63) is 0 Å².